The lowest BCUT2D eigenvalue weighted by molar-refractivity contribution is -0.113. The quantitative estimate of drug-likeness (QED) is 0.516. The third kappa shape index (κ3) is 5.35. The Morgan fingerprint density at radius 3 is 2.38 bits per heavy atom. The van der Waals surface area contributed by atoms with Crippen LogP contribution in [0, 0.1) is 6.92 Å². The molecule has 2 aromatic carbocycles. The van der Waals surface area contributed by atoms with Crippen molar-refractivity contribution in [3.05, 3.63) is 54.1 Å². The molecule has 3 aromatic rings. The van der Waals surface area contributed by atoms with Crippen molar-refractivity contribution < 1.29 is 9.59 Å². The standard InChI is InChI=1S/C20H22N6O2S/c1-3-26-18(14-6-4-5-13(2)11-14)24-25-20(26)29-12-17(27)22-15-7-9-16(10-8-15)23-19(21)28/h4-11H,3,12H2,1-2H3,(H,22,27)(H3,21,23,28). The minimum absolute atomic E-state index is 0.159. The van der Waals surface area contributed by atoms with Gasteiger partial charge in [-0.3, -0.25) is 4.79 Å². The first-order chi connectivity index (χ1) is 14.0. The molecular weight excluding hydrogens is 388 g/mol. The number of anilines is 2. The van der Waals surface area contributed by atoms with E-state index >= 15 is 0 Å². The fraction of sp³-hybridized carbons (Fsp3) is 0.200. The van der Waals surface area contributed by atoms with Gasteiger partial charge in [0.05, 0.1) is 5.75 Å². The molecule has 0 atom stereocenters. The molecule has 0 aliphatic carbocycles. The number of rotatable bonds is 7. The normalized spacial score (nSPS) is 10.6. The number of hydrogen-bond acceptors (Lipinski definition) is 5. The summed E-state index contributed by atoms with van der Waals surface area (Å²) in [7, 11) is 0. The molecule has 8 nitrogen and oxygen atoms in total. The van der Waals surface area contributed by atoms with E-state index < -0.39 is 6.03 Å². The van der Waals surface area contributed by atoms with Gasteiger partial charge in [-0.05, 0) is 44.2 Å². The highest BCUT2D eigenvalue weighted by Gasteiger charge is 2.15. The van der Waals surface area contributed by atoms with Crippen LogP contribution in [0.4, 0.5) is 16.2 Å². The number of hydrogen-bond donors (Lipinski definition) is 3. The molecule has 0 aliphatic heterocycles. The topological polar surface area (TPSA) is 115 Å². The van der Waals surface area contributed by atoms with E-state index in [1.807, 2.05) is 36.6 Å². The molecule has 0 aliphatic rings. The van der Waals surface area contributed by atoms with Crippen molar-refractivity contribution >= 4 is 35.1 Å². The Kier molecular flexibility index (Phi) is 6.50. The smallest absolute Gasteiger partial charge is 0.316 e. The van der Waals surface area contributed by atoms with Crippen molar-refractivity contribution in [2.45, 2.75) is 25.5 Å². The summed E-state index contributed by atoms with van der Waals surface area (Å²) in [5.74, 6) is 0.831. The lowest BCUT2D eigenvalue weighted by Crippen LogP contribution is -2.19. The Labute approximate surface area is 172 Å². The number of amides is 3. The Balaban J connectivity index is 1.62. The van der Waals surface area contributed by atoms with Crippen LogP contribution < -0.4 is 16.4 Å². The van der Waals surface area contributed by atoms with Crippen molar-refractivity contribution in [1.82, 2.24) is 14.8 Å². The van der Waals surface area contributed by atoms with Crippen LogP contribution in [0.3, 0.4) is 0 Å². The van der Waals surface area contributed by atoms with Gasteiger partial charge in [0.2, 0.25) is 5.91 Å². The lowest BCUT2D eigenvalue weighted by Gasteiger charge is -2.09. The molecule has 0 saturated heterocycles. The van der Waals surface area contributed by atoms with Crippen molar-refractivity contribution in [3.63, 3.8) is 0 Å². The average molecular weight is 411 g/mol. The average Bonchev–Trinajstić information content (AvgIpc) is 3.10. The van der Waals surface area contributed by atoms with E-state index in [1.54, 1.807) is 24.3 Å². The highest BCUT2D eigenvalue weighted by molar-refractivity contribution is 7.99. The number of carbonyl (C=O) groups excluding carboxylic acids is 2. The van der Waals surface area contributed by atoms with Gasteiger partial charge in [0.1, 0.15) is 0 Å². The summed E-state index contributed by atoms with van der Waals surface area (Å²) in [4.78, 5) is 23.1. The maximum absolute atomic E-state index is 12.3. The highest BCUT2D eigenvalue weighted by atomic mass is 32.2. The molecule has 0 bridgehead atoms. The van der Waals surface area contributed by atoms with Gasteiger partial charge in [0.25, 0.3) is 0 Å². The van der Waals surface area contributed by atoms with Crippen LogP contribution in [0.2, 0.25) is 0 Å². The molecule has 3 amide bonds. The van der Waals surface area contributed by atoms with E-state index in [-0.39, 0.29) is 11.7 Å². The number of benzene rings is 2. The molecule has 0 unspecified atom stereocenters. The van der Waals surface area contributed by atoms with E-state index in [0.717, 1.165) is 17.0 Å². The van der Waals surface area contributed by atoms with Crippen molar-refractivity contribution in [1.29, 1.82) is 0 Å². The number of aromatic nitrogens is 3. The molecule has 0 spiro atoms. The summed E-state index contributed by atoms with van der Waals surface area (Å²) in [6, 6.07) is 14.2. The number of thioether (sulfide) groups is 1. The molecule has 9 heteroatoms. The van der Waals surface area contributed by atoms with Crippen LogP contribution in [0.25, 0.3) is 11.4 Å². The number of aryl methyl sites for hydroxylation is 1. The predicted molar refractivity (Wildman–Crippen MR) is 115 cm³/mol. The fourth-order valence-electron chi connectivity index (χ4n) is 2.78. The first-order valence-electron chi connectivity index (χ1n) is 9.05. The largest absolute Gasteiger partial charge is 0.351 e. The monoisotopic (exact) mass is 410 g/mol. The predicted octanol–water partition coefficient (Wildman–Crippen LogP) is 3.49. The van der Waals surface area contributed by atoms with Crippen LogP contribution in [0.5, 0.6) is 0 Å². The van der Waals surface area contributed by atoms with Crippen LogP contribution in [-0.4, -0.2) is 32.5 Å². The Hall–Kier alpha value is -3.33. The van der Waals surface area contributed by atoms with Crippen LogP contribution in [-0.2, 0) is 11.3 Å². The second-order valence-corrected chi connectivity index (χ2v) is 7.27. The minimum atomic E-state index is -0.636. The van der Waals surface area contributed by atoms with Gasteiger partial charge < -0.3 is 20.9 Å². The maximum Gasteiger partial charge on any atom is 0.316 e. The molecule has 150 valence electrons. The van der Waals surface area contributed by atoms with Crippen molar-refractivity contribution in [2.75, 3.05) is 16.4 Å². The SMILES string of the molecule is CCn1c(SCC(=O)Nc2ccc(NC(N)=O)cc2)nnc1-c1cccc(C)c1. The van der Waals surface area contributed by atoms with Crippen molar-refractivity contribution in [2.24, 2.45) is 5.73 Å². The van der Waals surface area contributed by atoms with E-state index in [2.05, 4.69) is 26.9 Å². The molecule has 1 heterocycles. The third-order valence-corrected chi connectivity index (χ3v) is 5.04. The van der Waals surface area contributed by atoms with Gasteiger partial charge in [0, 0.05) is 23.5 Å². The van der Waals surface area contributed by atoms with Crippen molar-refractivity contribution in [3.8, 4) is 11.4 Å². The van der Waals surface area contributed by atoms with Gasteiger partial charge >= 0.3 is 6.03 Å². The van der Waals surface area contributed by atoms with Crippen LogP contribution in [0.1, 0.15) is 12.5 Å². The van der Waals surface area contributed by atoms with Gasteiger partial charge in [0.15, 0.2) is 11.0 Å². The fourth-order valence-corrected chi connectivity index (χ4v) is 3.59. The van der Waals surface area contributed by atoms with E-state index in [4.69, 9.17) is 5.73 Å². The van der Waals surface area contributed by atoms with Gasteiger partial charge in [-0.1, -0.05) is 35.5 Å². The zero-order valence-electron chi connectivity index (χ0n) is 16.2. The zero-order valence-corrected chi connectivity index (χ0v) is 17.0. The minimum Gasteiger partial charge on any atom is -0.351 e. The Morgan fingerprint density at radius 2 is 1.76 bits per heavy atom. The Morgan fingerprint density at radius 1 is 1.07 bits per heavy atom. The second kappa shape index (κ2) is 9.24. The number of nitrogens with zero attached hydrogens (tertiary/aromatic N) is 3. The summed E-state index contributed by atoms with van der Waals surface area (Å²) < 4.78 is 2.00. The number of nitrogens with one attached hydrogen (secondary N) is 2. The zero-order chi connectivity index (χ0) is 20.8. The number of urea groups is 1. The number of carbonyl (C=O) groups is 2. The number of nitrogens with two attached hydrogens (primary N) is 1. The lowest BCUT2D eigenvalue weighted by atomic mass is 10.1. The van der Waals surface area contributed by atoms with E-state index in [1.165, 1.54) is 11.8 Å². The summed E-state index contributed by atoms with van der Waals surface area (Å²) in [6.45, 7) is 4.76. The van der Waals surface area contributed by atoms with Crippen LogP contribution in [0.15, 0.2) is 53.7 Å². The first kappa shape index (κ1) is 20.4. The summed E-state index contributed by atoms with van der Waals surface area (Å²) in [6.07, 6.45) is 0. The van der Waals surface area contributed by atoms with E-state index in [9.17, 15) is 9.59 Å². The molecule has 4 N–H and O–H groups in total. The van der Waals surface area contributed by atoms with Gasteiger partial charge in [-0.25, -0.2) is 4.79 Å². The molecule has 29 heavy (non-hydrogen) atoms. The van der Waals surface area contributed by atoms with E-state index in [0.29, 0.717) is 23.1 Å². The third-order valence-electron chi connectivity index (χ3n) is 4.08. The van der Waals surface area contributed by atoms with Gasteiger partial charge in [-0.2, -0.15) is 0 Å². The molecule has 3 rings (SSSR count). The highest BCUT2D eigenvalue weighted by Crippen LogP contribution is 2.24. The molecule has 0 radical (unpaired) electrons. The molecular formula is C20H22N6O2S. The second-order valence-electron chi connectivity index (χ2n) is 6.32. The summed E-state index contributed by atoms with van der Waals surface area (Å²) >= 11 is 1.33. The summed E-state index contributed by atoms with van der Waals surface area (Å²) in [5.41, 5.74) is 8.41. The molecule has 0 fully saturated rings. The summed E-state index contributed by atoms with van der Waals surface area (Å²) in [5, 5.41) is 14.5. The van der Waals surface area contributed by atoms with Gasteiger partial charge in [-0.15, -0.1) is 10.2 Å². The molecule has 1 aromatic heterocycles. The Bertz CT molecular complexity index is 1020. The maximum atomic E-state index is 12.3. The first-order valence-corrected chi connectivity index (χ1v) is 10.0. The molecule has 0 saturated carbocycles. The van der Waals surface area contributed by atoms with Crippen LogP contribution >= 0.6 is 11.8 Å². The number of primary amides is 1.